The Hall–Kier alpha value is -3.39. The molecule has 3 saturated heterocycles. The number of anilines is 4. The van der Waals surface area contributed by atoms with Crippen LogP contribution >= 0.6 is 0 Å². The van der Waals surface area contributed by atoms with Gasteiger partial charge in [0.2, 0.25) is 11.9 Å². The van der Waals surface area contributed by atoms with Crippen molar-refractivity contribution in [3.05, 3.63) is 48.5 Å². The maximum atomic E-state index is 12.8. The molecule has 6 rings (SSSR count). The second-order valence-corrected chi connectivity index (χ2v) is 10.1. The van der Waals surface area contributed by atoms with E-state index in [9.17, 15) is 4.79 Å². The summed E-state index contributed by atoms with van der Waals surface area (Å²) < 4.78 is 0. The quantitative estimate of drug-likeness (QED) is 0.572. The van der Waals surface area contributed by atoms with Crippen LogP contribution in [0.3, 0.4) is 0 Å². The lowest BCUT2D eigenvalue weighted by Crippen LogP contribution is -2.49. The van der Waals surface area contributed by atoms with Crippen LogP contribution < -0.4 is 20.0 Å². The van der Waals surface area contributed by atoms with Gasteiger partial charge in [0.1, 0.15) is 11.6 Å². The maximum Gasteiger partial charge on any atom is 0.238 e. The van der Waals surface area contributed by atoms with Crippen LogP contribution in [0.25, 0.3) is 10.8 Å². The van der Waals surface area contributed by atoms with Crippen LogP contribution in [0.15, 0.2) is 48.5 Å². The van der Waals surface area contributed by atoms with E-state index >= 15 is 0 Å². The Morgan fingerprint density at radius 2 is 1.31 bits per heavy atom. The van der Waals surface area contributed by atoms with E-state index < -0.39 is 0 Å². The second-order valence-electron chi connectivity index (χ2n) is 10.1. The van der Waals surface area contributed by atoms with E-state index in [1.165, 1.54) is 31.1 Å². The highest BCUT2D eigenvalue weighted by molar-refractivity contribution is 5.95. The van der Waals surface area contributed by atoms with E-state index in [4.69, 9.17) is 9.97 Å². The van der Waals surface area contributed by atoms with E-state index in [0.29, 0.717) is 6.54 Å². The minimum atomic E-state index is 0.0356. The molecule has 8 heteroatoms. The van der Waals surface area contributed by atoms with E-state index in [-0.39, 0.29) is 5.91 Å². The minimum absolute atomic E-state index is 0.0356. The molecule has 3 aliphatic rings. The van der Waals surface area contributed by atoms with Crippen LogP contribution in [0.2, 0.25) is 0 Å². The van der Waals surface area contributed by atoms with Crippen molar-refractivity contribution in [2.45, 2.75) is 25.7 Å². The van der Waals surface area contributed by atoms with Gasteiger partial charge in [0, 0.05) is 64.1 Å². The van der Waals surface area contributed by atoms with Crippen molar-refractivity contribution in [3.8, 4) is 0 Å². The number of amides is 1. The molecule has 0 bridgehead atoms. The smallest absolute Gasteiger partial charge is 0.238 e. The summed E-state index contributed by atoms with van der Waals surface area (Å²) in [5.41, 5.74) is 0.849. The number of rotatable bonds is 6. The summed E-state index contributed by atoms with van der Waals surface area (Å²) in [5, 5.41) is 5.39. The Labute approximate surface area is 212 Å². The lowest BCUT2D eigenvalue weighted by Gasteiger charge is -2.35. The monoisotopic (exact) mass is 485 g/mol. The van der Waals surface area contributed by atoms with Gasteiger partial charge in [-0.3, -0.25) is 9.69 Å². The summed E-state index contributed by atoms with van der Waals surface area (Å²) in [6.07, 6.45) is 4.90. The zero-order valence-corrected chi connectivity index (χ0v) is 20.9. The average Bonchev–Trinajstić information content (AvgIpc) is 3.64. The van der Waals surface area contributed by atoms with Crippen molar-refractivity contribution < 1.29 is 4.79 Å². The zero-order chi connectivity index (χ0) is 24.3. The van der Waals surface area contributed by atoms with Crippen molar-refractivity contribution in [1.82, 2.24) is 14.9 Å². The van der Waals surface area contributed by atoms with Crippen molar-refractivity contribution in [1.29, 1.82) is 0 Å². The molecule has 0 atom stereocenters. The molecule has 0 aliphatic carbocycles. The van der Waals surface area contributed by atoms with Crippen LogP contribution in [0.4, 0.5) is 23.3 Å². The van der Waals surface area contributed by atoms with Gasteiger partial charge in [-0.05, 0) is 48.6 Å². The number of carbonyl (C=O) groups is 1. The number of hydrogen-bond acceptors (Lipinski definition) is 7. The third-order valence-corrected chi connectivity index (χ3v) is 7.60. The van der Waals surface area contributed by atoms with Gasteiger partial charge in [-0.1, -0.05) is 30.3 Å². The van der Waals surface area contributed by atoms with Crippen molar-refractivity contribution >= 4 is 40.0 Å². The molecule has 4 heterocycles. The summed E-state index contributed by atoms with van der Waals surface area (Å²) in [7, 11) is 0. The molecule has 1 N–H and O–H groups in total. The fourth-order valence-electron chi connectivity index (χ4n) is 5.54. The van der Waals surface area contributed by atoms with Gasteiger partial charge in [-0.25, -0.2) is 0 Å². The molecular weight excluding hydrogens is 450 g/mol. The lowest BCUT2D eigenvalue weighted by molar-refractivity contribution is -0.117. The first kappa shape index (κ1) is 23.0. The molecule has 0 radical (unpaired) electrons. The van der Waals surface area contributed by atoms with E-state index in [1.807, 2.05) is 24.3 Å². The maximum absolute atomic E-state index is 12.8. The first-order chi connectivity index (χ1) is 17.7. The topological polar surface area (TPSA) is 67.8 Å². The number of benzene rings is 2. The molecule has 8 nitrogen and oxygen atoms in total. The van der Waals surface area contributed by atoms with Crippen molar-refractivity contribution in [2.24, 2.45) is 0 Å². The molecule has 1 amide bonds. The highest BCUT2D eigenvalue weighted by Gasteiger charge is 2.25. The number of hydrogen-bond donors (Lipinski definition) is 1. The van der Waals surface area contributed by atoms with Gasteiger partial charge < -0.3 is 20.0 Å². The minimum Gasteiger partial charge on any atom is -0.356 e. The summed E-state index contributed by atoms with van der Waals surface area (Å²) >= 11 is 0. The molecule has 36 heavy (non-hydrogen) atoms. The molecule has 0 saturated carbocycles. The molecule has 0 unspecified atom stereocenters. The van der Waals surface area contributed by atoms with Crippen LogP contribution in [0.1, 0.15) is 25.7 Å². The summed E-state index contributed by atoms with van der Waals surface area (Å²) in [6, 6.07) is 16.4. The molecule has 188 valence electrons. The number of carbonyl (C=O) groups excluding carboxylic acids is 1. The Balaban J connectivity index is 1.08. The fraction of sp³-hybridized carbons (Fsp3) is 0.464. The van der Waals surface area contributed by atoms with Gasteiger partial charge >= 0.3 is 0 Å². The first-order valence-corrected chi connectivity index (χ1v) is 13.4. The van der Waals surface area contributed by atoms with E-state index in [2.05, 4.69) is 49.2 Å². The standard InChI is InChI=1S/C28H35N7O/c36-27(29-24-10-9-22-7-1-2-8-23(22)19-24)21-32-15-17-34(18-16-32)26-20-25(33-11-3-4-12-33)30-28(31-26)35-13-5-6-14-35/h1-2,7-10,19-20H,3-6,11-18,21H2,(H,29,36). The molecule has 3 aromatic rings. The molecular formula is C28H35N7O. The van der Waals surface area contributed by atoms with E-state index in [1.54, 1.807) is 0 Å². The summed E-state index contributed by atoms with van der Waals surface area (Å²) in [6.45, 7) is 8.05. The molecule has 1 aromatic heterocycles. The Morgan fingerprint density at radius 1 is 0.694 bits per heavy atom. The number of fused-ring (bicyclic) bond motifs is 1. The molecule has 3 fully saturated rings. The van der Waals surface area contributed by atoms with Crippen LogP contribution in [-0.4, -0.2) is 79.7 Å². The van der Waals surface area contributed by atoms with Crippen LogP contribution in [0.5, 0.6) is 0 Å². The molecule has 0 spiro atoms. The highest BCUT2D eigenvalue weighted by Crippen LogP contribution is 2.28. The second kappa shape index (κ2) is 10.3. The third kappa shape index (κ3) is 5.09. The fourth-order valence-corrected chi connectivity index (χ4v) is 5.54. The van der Waals surface area contributed by atoms with Gasteiger partial charge in [-0.2, -0.15) is 9.97 Å². The third-order valence-electron chi connectivity index (χ3n) is 7.60. The first-order valence-electron chi connectivity index (χ1n) is 13.4. The largest absolute Gasteiger partial charge is 0.356 e. The zero-order valence-electron chi connectivity index (χ0n) is 20.9. The van der Waals surface area contributed by atoms with E-state index in [0.717, 1.165) is 81.0 Å². The van der Waals surface area contributed by atoms with Crippen LogP contribution in [-0.2, 0) is 4.79 Å². The molecule has 2 aromatic carbocycles. The SMILES string of the molecule is O=C(CN1CCN(c2cc(N3CCCC3)nc(N3CCCC3)n2)CC1)Nc1ccc2ccccc2c1. The summed E-state index contributed by atoms with van der Waals surface area (Å²) in [4.78, 5) is 32.0. The Kier molecular flexibility index (Phi) is 6.59. The number of nitrogens with one attached hydrogen (secondary N) is 1. The highest BCUT2D eigenvalue weighted by atomic mass is 16.2. The number of nitrogens with zero attached hydrogens (tertiary/aromatic N) is 6. The van der Waals surface area contributed by atoms with Gasteiger partial charge in [-0.15, -0.1) is 0 Å². The van der Waals surface area contributed by atoms with Gasteiger partial charge in [0.05, 0.1) is 6.54 Å². The number of aromatic nitrogens is 2. The summed E-state index contributed by atoms with van der Waals surface area (Å²) in [5.74, 6) is 3.00. The van der Waals surface area contributed by atoms with Gasteiger partial charge in [0.15, 0.2) is 0 Å². The lowest BCUT2D eigenvalue weighted by atomic mass is 10.1. The molecule has 3 aliphatic heterocycles. The van der Waals surface area contributed by atoms with Gasteiger partial charge in [0.25, 0.3) is 0 Å². The van der Waals surface area contributed by atoms with Crippen molar-refractivity contribution in [2.75, 3.05) is 78.9 Å². The normalized spacial score (nSPS) is 18.8. The Morgan fingerprint density at radius 3 is 2.00 bits per heavy atom. The Bertz CT molecular complexity index is 1180. The number of piperazine rings is 1. The van der Waals surface area contributed by atoms with Crippen molar-refractivity contribution in [3.63, 3.8) is 0 Å². The van der Waals surface area contributed by atoms with Crippen LogP contribution in [0, 0.1) is 0 Å². The average molecular weight is 486 g/mol. The predicted octanol–water partition coefficient (Wildman–Crippen LogP) is 3.59. The predicted molar refractivity (Wildman–Crippen MR) is 146 cm³/mol.